The lowest BCUT2D eigenvalue weighted by Crippen LogP contribution is -2.45. The van der Waals surface area contributed by atoms with Crippen LogP contribution >= 0.6 is 0 Å². The smallest absolute Gasteiger partial charge is 0.234 e. The van der Waals surface area contributed by atoms with Crippen molar-refractivity contribution < 1.29 is 4.79 Å². The molecule has 7 nitrogen and oxygen atoms in total. The fourth-order valence-electron chi connectivity index (χ4n) is 5.27. The van der Waals surface area contributed by atoms with Gasteiger partial charge in [0.05, 0.1) is 11.6 Å². The average Bonchev–Trinajstić information content (AvgIpc) is 3.25. The number of amides is 1. The second-order valence-electron chi connectivity index (χ2n) is 9.46. The van der Waals surface area contributed by atoms with Gasteiger partial charge in [0, 0.05) is 32.2 Å². The fourth-order valence-corrected chi connectivity index (χ4v) is 5.27. The minimum absolute atomic E-state index is 0.140. The van der Waals surface area contributed by atoms with Crippen LogP contribution in [0.5, 0.6) is 0 Å². The van der Waals surface area contributed by atoms with Crippen molar-refractivity contribution in [2.24, 2.45) is 5.41 Å². The van der Waals surface area contributed by atoms with E-state index in [2.05, 4.69) is 35.9 Å². The lowest BCUT2D eigenvalue weighted by atomic mass is 9.91. The zero-order valence-electron chi connectivity index (χ0n) is 18.4. The molecule has 0 atom stereocenters. The summed E-state index contributed by atoms with van der Waals surface area (Å²) in [6.45, 7) is 10.0. The summed E-state index contributed by atoms with van der Waals surface area (Å²) in [6, 6.07) is 0.935. The number of anilines is 3. The molecule has 3 heterocycles. The van der Waals surface area contributed by atoms with Crippen molar-refractivity contribution in [2.75, 3.05) is 47.9 Å². The van der Waals surface area contributed by atoms with Gasteiger partial charge in [0.1, 0.15) is 5.69 Å². The SMILES string of the molecule is CCN(c1ncc2c(n1)N(C1CCCC1)CC(C)(C)C(=O)N2C)C1CCNCC1. The van der Waals surface area contributed by atoms with E-state index in [9.17, 15) is 4.79 Å². The third-order valence-corrected chi connectivity index (χ3v) is 6.93. The monoisotopic (exact) mass is 400 g/mol. The van der Waals surface area contributed by atoms with E-state index >= 15 is 0 Å². The minimum atomic E-state index is -0.447. The number of nitrogens with one attached hydrogen (secondary N) is 1. The Morgan fingerprint density at radius 3 is 2.55 bits per heavy atom. The van der Waals surface area contributed by atoms with E-state index < -0.39 is 5.41 Å². The van der Waals surface area contributed by atoms with Gasteiger partial charge in [0.25, 0.3) is 0 Å². The van der Waals surface area contributed by atoms with Crippen LogP contribution in [0.4, 0.5) is 17.5 Å². The molecule has 0 aromatic carbocycles. The third kappa shape index (κ3) is 3.81. The molecule has 1 saturated carbocycles. The number of carbonyl (C=O) groups is 1. The molecule has 1 N–H and O–H groups in total. The van der Waals surface area contributed by atoms with E-state index in [0.29, 0.717) is 18.6 Å². The zero-order valence-corrected chi connectivity index (χ0v) is 18.4. The van der Waals surface area contributed by atoms with E-state index in [1.807, 2.05) is 13.2 Å². The Kier molecular flexibility index (Phi) is 5.69. The average molecular weight is 401 g/mol. The second kappa shape index (κ2) is 8.09. The van der Waals surface area contributed by atoms with Crippen molar-refractivity contribution >= 4 is 23.4 Å². The third-order valence-electron chi connectivity index (χ3n) is 6.93. The van der Waals surface area contributed by atoms with Crippen LogP contribution in [0.15, 0.2) is 6.20 Å². The molecular formula is C22H36N6O. The van der Waals surface area contributed by atoms with Gasteiger partial charge in [-0.15, -0.1) is 0 Å². The molecular weight excluding hydrogens is 364 g/mol. The predicted molar refractivity (Wildman–Crippen MR) is 118 cm³/mol. The molecule has 4 rings (SSSR count). The Hall–Kier alpha value is -1.89. The van der Waals surface area contributed by atoms with Crippen LogP contribution in [0.3, 0.4) is 0 Å². The highest BCUT2D eigenvalue weighted by molar-refractivity contribution is 6.00. The number of rotatable bonds is 4. The van der Waals surface area contributed by atoms with E-state index in [4.69, 9.17) is 9.97 Å². The van der Waals surface area contributed by atoms with Crippen LogP contribution in [-0.2, 0) is 4.79 Å². The van der Waals surface area contributed by atoms with Gasteiger partial charge in [0.15, 0.2) is 5.82 Å². The van der Waals surface area contributed by atoms with Crippen molar-refractivity contribution in [3.63, 3.8) is 0 Å². The standard InChI is InChI=1S/C22H36N6O/c1-5-27(17-10-12-23-13-11-17)21-24-14-18-19(25-21)28(16-8-6-7-9-16)15-22(2,3)20(29)26(18)4/h14,16-17,23H,5-13,15H2,1-4H3. The number of fused-ring (bicyclic) bond motifs is 1. The van der Waals surface area contributed by atoms with Crippen molar-refractivity contribution in [3.8, 4) is 0 Å². The molecule has 2 aliphatic heterocycles. The highest BCUT2D eigenvalue weighted by atomic mass is 16.2. The molecule has 0 unspecified atom stereocenters. The number of piperidine rings is 1. The maximum absolute atomic E-state index is 13.1. The van der Waals surface area contributed by atoms with Crippen LogP contribution < -0.4 is 20.0 Å². The highest BCUT2D eigenvalue weighted by Crippen LogP contribution is 2.40. The second-order valence-corrected chi connectivity index (χ2v) is 9.46. The summed E-state index contributed by atoms with van der Waals surface area (Å²) in [5, 5.41) is 3.45. The molecule has 1 aromatic heterocycles. The van der Waals surface area contributed by atoms with E-state index in [0.717, 1.165) is 49.9 Å². The topological polar surface area (TPSA) is 64.6 Å². The van der Waals surface area contributed by atoms with Gasteiger partial charge in [-0.05, 0) is 59.5 Å². The van der Waals surface area contributed by atoms with Crippen LogP contribution in [0.2, 0.25) is 0 Å². The molecule has 29 heavy (non-hydrogen) atoms. The van der Waals surface area contributed by atoms with E-state index in [1.165, 1.54) is 25.7 Å². The zero-order chi connectivity index (χ0) is 20.6. The molecule has 0 spiro atoms. The molecule has 160 valence electrons. The molecule has 2 fully saturated rings. The molecule has 1 amide bonds. The first-order valence-electron chi connectivity index (χ1n) is 11.3. The quantitative estimate of drug-likeness (QED) is 0.838. The fraction of sp³-hybridized carbons (Fsp3) is 0.773. The van der Waals surface area contributed by atoms with Crippen LogP contribution in [0.1, 0.15) is 59.3 Å². The molecule has 0 radical (unpaired) electrons. The normalized spacial score (nSPS) is 23.2. The molecule has 1 aliphatic carbocycles. The van der Waals surface area contributed by atoms with Gasteiger partial charge >= 0.3 is 0 Å². The largest absolute Gasteiger partial charge is 0.351 e. The summed E-state index contributed by atoms with van der Waals surface area (Å²) in [6.07, 6.45) is 8.99. The first-order chi connectivity index (χ1) is 13.9. The number of carbonyl (C=O) groups excluding carboxylic acids is 1. The molecule has 3 aliphatic rings. The van der Waals surface area contributed by atoms with Crippen LogP contribution in [0, 0.1) is 5.41 Å². The maximum Gasteiger partial charge on any atom is 0.234 e. The van der Waals surface area contributed by atoms with Gasteiger partial charge in [-0.3, -0.25) is 4.79 Å². The highest BCUT2D eigenvalue weighted by Gasteiger charge is 2.41. The Labute approximate surface area is 174 Å². The van der Waals surface area contributed by atoms with E-state index in [1.54, 1.807) is 4.90 Å². The van der Waals surface area contributed by atoms with Crippen LogP contribution in [-0.4, -0.2) is 61.2 Å². The van der Waals surface area contributed by atoms with Crippen LogP contribution in [0.25, 0.3) is 0 Å². The Balaban J connectivity index is 1.75. The molecule has 0 bridgehead atoms. The maximum atomic E-state index is 13.1. The molecule has 1 aromatic rings. The Morgan fingerprint density at radius 2 is 1.90 bits per heavy atom. The van der Waals surface area contributed by atoms with Gasteiger partial charge < -0.3 is 20.0 Å². The van der Waals surface area contributed by atoms with Gasteiger partial charge in [-0.1, -0.05) is 12.8 Å². The summed E-state index contributed by atoms with van der Waals surface area (Å²) in [5.41, 5.74) is 0.398. The number of aromatic nitrogens is 2. The van der Waals surface area contributed by atoms with Crippen molar-refractivity contribution in [1.82, 2.24) is 15.3 Å². The van der Waals surface area contributed by atoms with Crippen molar-refractivity contribution in [2.45, 2.75) is 71.4 Å². The summed E-state index contributed by atoms with van der Waals surface area (Å²) in [7, 11) is 1.87. The molecule has 1 saturated heterocycles. The van der Waals surface area contributed by atoms with Gasteiger partial charge in [0.2, 0.25) is 11.9 Å². The summed E-state index contributed by atoms with van der Waals surface area (Å²) in [5.74, 6) is 1.89. The summed E-state index contributed by atoms with van der Waals surface area (Å²) < 4.78 is 0. The lowest BCUT2D eigenvalue weighted by Gasteiger charge is -2.36. The Morgan fingerprint density at radius 1 is 1.21 bits per heavy atom. The summed E-state index contributed by atoms with van der Waals surface area (Å²) >= 11 is 0. The van der Waals surface area contributed by atoms with Gasteiger partial charge in [-0.2, -0.15) is 4.98 Å². The number of nitrogens with zero attached hydrogens (tertiary/aromatic N) is 5. The number of hydrogen-bond acceptors (Lipinski definition) is 6. The molecule has 7 heteroatoms. The van der Waals surface area contributed by atoms with E-state index in [-0.39, 0.29) is 5.91 Å². The van der Waals surface area contributed by atoms with Crippen molar-refractivity contribution in [3.05, 3.63) is 6.20 Å². The summed E-state index contributed by atoms with van der Waals surface area (Å²) in [4.78, 5) is 29.6. The number of hydrogen-bond donors (Lipinski definition) is 1. The predicted octanol–water partition coefficient (Wildman–Crippen LogP) is 2.81. The minimum Gasteiger partial charge on any atom is -0.351 e. The van der Waals surface area contributed by atoms with Crippen molar-refractivity contribution in [1.29, 1.82) is 0 Å². The first kappa shape index (κ1) is 20.4. The Bertz CT molecular complexity index is 739. The first-order valence-corrected chi connectivity index (χ1v) is 11.3. The van der Waals surface area contributed by atoms with Gasteiger partial charge in [-0.25, -0.2) is 4.98 Å². The lowest BCUT2D eigenvalue weighted by molar-refractivity contribution is -0.125.